The average Bonchev–Trinajstić information content (AvgIpc) is 2.59. The van der Waals surface area contributed by atoms with Crippen molar-refractivity contribution >= 4 is 0 Å². The summed E-state index contributed by atoms with van der Waals surface area (Å²) in [6.07, 6.45) is 2.34. The molecule has 2 heteroatoms. The number of hydrogen-bond donors (Lipinski definition) is 1. The van der Waals surface area contributed by atoms with Crippen LogP contribution in [-0.4, -0.2) is 36.8 Å². The van der Waals surface area contributed by atoms with Crippen LogP contribution in [0, 0.1) is 0 Å². The zero-order valence-electron chi connectivity index (χ0n) is 14.6. The van der Waals surface area contributed by atoms with Gasteiger partial charge in [0.1, 0.15) is 0 Å². The molecule has 2 aromatic carbocycles. The highest BCUT2D eigenvalue weighted by Crippen LogP contribution is 2.41. The van der Waals surface area contributed by atoms with Gasteiger partial charge in [-0.15, -0.1) is 0 Å². The van der Waals surface area contributed by atoms with Crippen molar-refractivity contribution in [3.8, 4) is 0 Å². The molecule has 0 amide bonds. The summed E-state index contributed by atoms with van der Waals surface area (Å²) in [5, 5.41) is 11.0. The molecule has 0 fully saturated rings. The maximum atomic E-state index is 11.0. The van der Waals surface area contributed by atoms with Crippen LogP contribution in [-0.2, 0) is 5.41 Å². The molecule has 0 radical (unpaired) electrons. The molecule has 124 valence electrons. The van der Waals surface area contributed by atoms with Crippen LogP contribution in [0.5, 0.6) is 0 Å². The summed E-state index contributed by atoms with van der Waals surface area (Å²) in [5.41, 5.74) is 2.08. The first-order chi connectivity index (χ1) is 11.1. The van der Waals surface area contributed by atoms with E-state index in [4.69, 9.17) is 0 Å². The second-order valence-electron chi connectivity index (χ2n) is 6.53. The number of benzene rings is 2. The van der Waals surface area contributed by atoms with E-state index in [1.54, 1.807) is 0 Å². The molecule has 0 spiro atoms. The molecule has 2 nitrogen and oxygen atoms in total. The fraction of sp³-hybridized carbons (Fsp3) is 0.429. The minimum Gasteiger partial charge on any atom is -0.392 e. The Hall–Kier alpha value is -1.64. The minimum absolute atomic E-state index is 0.340. The van der Waals surface area contributed by atoms with Gasteiger partial charge in [0, 0.05) is 5.41 Å². The van der Waals surface area contributed by atoms with Crippen LogP contribution in [0.1, 0.15) is 37.3 Å². The van der Waals surface area contributed by atoms with E-state index < -0.39 is 6.10 Å². The van der Waals surface area contributed by atoms with E-state index in [1.165, 1.54) is 11.1 Å². The minimum atomic E-state index is -0.394. The topological polar surface area (TPSA) is 23.5 Å². The predicted octanol–water partition coefficient (Wildman–Crippen LogP) is 4.09. The Bertz CT molecular complexity index is 525. The van der Waals surface area contributed by atoms with Gasteiger partial charge in [-0.3, -0.25) is 0 Å². The highest BCUT2D eigenvalue weighted by Gasteiger charge is 2.39. The Kier molecular flexibility index (Phi) is 6.37. The Morgan fingerprint density at radius 2 is 1.39 bits per heavy atom. The van der Waals surface area contributed by atoms with Crippen molar-refractivity contribution in [3.63, 3.8) is 0 Å². The first-order valence-electron chi connectivity index (χ1n) is 8.55. The van der Waals surface area contributed by atoms with Crippen molar-refractivity contribution < 1.29 is 5.11 Å². The lowest BCUT2D eigenvalue weighted by atomic mass is 9.66. The Balaban J connectivity index is 2.50. The van der Waals surface area contributed by atoms with Crippen LogP contribution in [0.15, 0.2) is 60.7 Å². The lowest BCUT2D eigenvalue weighted by molar-refractivity contribution is 0.0897. The van der Waals surface area contributed by atoms with E-state index in [0.717, 1.165) is 25.8 Å². The molecule has 2 rings (SSSR count). The number of nitrogens with zero attached hydrogens (tertiary/aromatic N) is 1. The first kappa shape index (κ1) is 17.7. The SMILES string of the molecule is CCC(O)C(CCCN(C)C)(c1ccccc1)c1ccccc1. The lowest BCUT2D eigenvalue weighted by Crippen LogP contribution is -2.41. The van der Waals surface area contributed by atoms with E-state index in [2.05, 4.69) is 74.4 Å². The summed E-state index contributed by atoms with van der Waals surface area (Å²) in [5.74, 6) is 0. The smallest absolute Gasteiger partial charge is 0.0674 e. The van der Waals surface area contributed by atoms with E-state index >= 15 is 0 Å². The summed E-state index contributed by atoms with van der Waals surface area (Å²) >= 11 is 0. The van der Waals surface area contributed by atoms with Gasteiger partial charge in [0.15, 0.2) is 0 Å². The van der Waals surface area contributed by atoms with Crippen molar-refractivity contribution in [1.82, 2.24) is 4.90 Å². The molecule has 0 heterocycles. The second-order valence-corrected chi connectivity index (χ2v) is 6.53. The van der Waals surface area contributed by atoms with Crippen LogP contribution in [0.25, 0.3) is 0 Å². The van der Waals surface area contributed by atoms with Crippen molar-refractivity contribution in [2.75, 3.05) is 20.6 Å². The quantitative estimate of drug-likeness (QED) is 0.794. The molecule has 23 heavy (non-hydrogen) atoms. The van der Waals surface area contributed by atoms with Crippen LogP contribution >= 0.6 is 0 Å². The maximum Gasteiger partial charge on any atom is 0.0674 e. The maximum absolute atomic E-state index is 11.0. The monoisotopic (exact) mass is 311 g/mol. The van der Waals surface area contributed by atoms with Gasteiger partial charge in [0.2, 0.25) is 0 Å². The van der Waals surface area contributed by atoms with Crippen LogP contribution in [0.3, 0.4) is 0 Å². The molecule has 0 aliphatic carbocycles. The third-order valence-electron chi connectivity index (χ3n) is 4.71. The van der Waals surface area contributed by atoms with Gasteiger partial charge in [-0.25, -0.2) is 0 Å². The zero-order valence-corrected chi connectivity index (χ0v) is 14.6. The molecule has 0 saturated carbocycles. The fourth-order valence-corrected chi connectivity index (χ4v) is 3.50. The first-order valence-corrected chi connectivity index (χ1v) is 8.55. The van der Waals surface area contributed by atoms with Crippen LogP contribution < -0.4 is 0 Å². The van der Waals surface area contributed by atoms with E-state index in [9.17, 15) is 5.11 Å². The predicted molar refractivity (Wildman–Crippen MR) is 97.7 cm³/mol. The molecule has 2 aromatic rings. The third kappa shape index (κ3) is 4.01. The summed E-state index contributed by atoms with van der Waals surface area (Å²) in [6.45, 7) is 3.09. The van der Waals surface area contributed by atoms with Gasteiger partial charge in [-0.2, -0.15) is 0 Å². The van der Waals surface area contributed by atoms with E-state index in [0.29, 0.717) is 0 Å². The van der Waals surface area contributed by atoms with E-state index in [1.807, 2.05) is 12.1 Å². The Labute approximate surface area is 140 Å². The van der Waals surface area contributed by atoms with Crippen molar-refractivity contribution in [3.05, 3.63) is 71.8 Å². The van der Waals surface area contributed by atoms with Crippen LogP contribution in [0.4, 0.5) is 0 Å². The summed E-state index contributed by atoms with van der Waals surface area (Å²) < 4.78 is 0. The average molecular weight is 311 g/mol. The number of aliphatic hydroxyl groups is 1. The Morgan fingerprint density at radius 1 is 0.913 bits per heavy atom. The van der Waals surface area contributed by atoms with Gasteiger partial charge >= 0.3 is 0 Å². The van der Waals surface area contributed by atoms with Gasteiger partial charge in [0.25, 0.3) is 0 Å². The summed E-state index contributed by atoms with van der Waals surface area (Å²) in [7, 11) is 4.20. The third-order valence-corrected chi connectivity index (χ3v) is 4.71. The second kappa shape index (κ2) is 8.28. The number of hydrogen-bond acceptors (Lipinski definition) is 2. The molecule has 0 aromatic heterocycles. The number of rotatable bonds is 8. The Morgan fingerprint density at radius 3 is 1.78 bits per heavy atom. The molecule has 0 bridgehead atoms. The highest BCUT2D eigenvalue weighted by atomic mass is 16.3. The number of aliphatic hydroxyl groups excluding tert-OH is 1. The summed E-state index contributed by atoms with van der Waals surface area (Å²) in [6, 6.07) is 21.0. The van der Waals surface area contributed by atoms with Crippen LogP contribution in [0.2, 0.25) is 0 Å². The van der Waals surface area contributed by atoms with E-state index in [-0.39, 0.29) is 5.41 Å². The van der Waals surface area contributed by atoms with Crippen molar-refractivity contribution in [1.29, 1.82) is 0 Å². The lowest BCUT2D eigenvalue weighted by Gasteiger charge is -2.39. The van der Waals surface area contributed by atoms with Gasteiger partial charge < -0.3 is 10.0 Å². The van der Waals surface area contributed by atoms with Gasteiger partial charge in [-0.1, -0.05) is 67.6 Å². The largest absolute Gasteiger partial charge is 0.392 e. The molecule has 1 unspecified atom stereocenters. The van der Waals surface area contributed by atoms with Crippen molar-refractivity contribution in [2.45, 2.75) is 37.7 Å². The highest BCUT2D eigenvalue weighted by molar-refractivity contribution is 5.41. The molecule has 0 saturated heterocycles. The van der Waals surface area contributed by atoms with Gasteiger partial charge in [0.05, 0.1) is 6.10 Å². The molecule has 1 N–H and O–H groups in total. The normalized spacial score (nSPS) is 13.3. The summed E-state index contributed by atoms with van der Waals surface area (Å²) in [4.78, 5) is 2.21. The molecular weight excluding hydrogens is 282 g/mol. The van der Waals surface area contributed by atoms with Crippen molar-refractivity contribution in [2.24, 2.45) is 0 Å². The fourth-order valence-electron chi connectivity index (χ4n) is 3.50. The standard InChI is InChI=1S/C21H29NO/c1-4-20(23)21(16-11-17-22(2)3,18-12-7-5-8-13-18)19-14-9-6-10-15-19/h5-10,12-15,20,23H,4,11,16-17H2,1-3H3. The zero-order chi connectivity index (χ0) is 16.7. The molecule has 1 atom stereocenters. The molecular formula is C21H29NO. The molecule has 0 aliphatic heterocycles. The molecule has 0 aliphatic rings. The van der Waals surface area contributed by atoms with Gasteiger partial charge in [-0.05, 0) is 51.0 Å².